The van der Waals surface area contributed by atoms with E-state index < -0.39 is 0 Å². The number of nitrogens with zero attached hydrogens (tertiary/aromatic N) is 2. The van der Waals surface area contributed by atoms with E-state index >= 15 is 0 Å². The molecule has 0 atom stereocenters. The van der Waals surface area contributed by atoms with Gasteiger partial charge >= 0.3 is 6.03 Å². The van der Waals surface area contributed by atoms with Crippen molar-refractivity contribution in [2.24, 2.45) is 0 Å². The van der Waals surface area contributed by atoms with Gasteiger partial charge in [-0.05, 0) is 48.0 Å². The van der Waals surface area contributed by atoms with Gasteiger partial charge in [-0.2, -0.15) is 5.10 Å². The Balaban J connectivity index is 1.56. The third kappa shape index (κ3) is 4.73. The number of hydrogen-bond donors (Lipinski definition) is 3. The summed E-state index contributed by atoms with van der Waals surface area (Å²) in [6.07, 6.45) is 5.32. The minimum Gasteiger partial charge on any atom is -0.381 e. The van der Waals surface area contributed by atoms with Crippen LogP contribution >= 0.6 is 0 Å². The third-order valence-corrected chi connectivity index (χ3v) is 3.73. The van der Waals surface area contributed by atoms with Crippen molar-refractivity contribution in [3.05, 3.63) is 85.2 Å². The lowest BCUT2D eigenvalue weighted by atomic mass is 10.2. The Morgan fingerprint density at radius 1 is 1.12 bits per heavy atom. The van der Waals surface area contributed by atoms with E-state index in [9.17, 15) is 4.79 Å². The van der Waals surface area contributed by atoms with E-state index in [1.165, 1.54) is 0 Å². The zero-order valence-corrected chi connectivity index (χ0v) is 14.4. The molecule has 26 heavy (non-hydrogen) atoms. The van der Waals surface area contributed by atoms with Crippen LogP contribution in [0, 0.1) is 0 Å². The maximum atomic E-state index is 11.6. The fourth-order valence-electron chi connectivity index (χ4n) is 2.45. The van der Waals surface area contributed by atoms with Crippen LogP contribution in [0.5, 0.6) is 0 Å². The predicted molar refractivity (Wildman–Crippen MR) is 105 cm³/mol. The number of nitrogens with one attached hydrogen (secondary N) is 3. The second-order valence-corrected chi connectivity index (χ2v) is 5.68. The number of amides is 2. The molecule has 3 rings (SSSR count). The first-order valence-corrected chi connectivity index (χ1v) is 8.33. The predicted octanol–water partition coefficient (Wildman–Crippen LogP) is 3.79. The van der Waals surface area contributed by atoms with Crippen molar-refractivity contribution in [2.75, 3.05) is 17.2 Å². The molecule has 0 aliphatic carbocycles. The Morgan fingerprint density at radius 2 is 1.92 bits per heavy atom. The van der Waals surface area contributed by atoms with E-state index in [1.54, 1.807) is 12.3 Å². The van der Waals surface area contributed by atoms with Gasteiger partial charge in [0.05, 0.1) is 5.69 Å². The SMILES string of the molecule is C=CCNC(=O)Nc1ccc(NCc2cccc(-n3cccn3)c2)cc1. The van der Waals surface area contributed by atoms with Gasteiger partial charge in [0.15, 0.2) is 0 Å². The van der Waals surface area contributed by atoms with Crippen LogP contribution in [0.25, 0.3) is 5.69 Å². The van der Waals surface area contributed by atoms with Gasteiger partial charge in [-0.3, -0.25) is 0 Å². The number of carbonyl (C=O) groups excluding carboxylic acids is 1. The van der Waals surface area contributed by atoms with Gasteiger partial charge < -0.3 is 16.0 Å². The third-order valence-electron chi connectivity index (χ3n) is 3.73. The Morgan fingerprint density at radius 3 is 2.65 bits per heavy atom. The van der Waals surface area contributed by atoms with Gasteiger partial charge in [-0.25, -0.2) is 9.48 Å². The molecule has 6 heteroatoms. The molecule has 132 valence electrons. The van der Waals surface area contributed by atoms with Crippen LogP contribution in [0.1, 0.15) is 5.56 Å². The van der Waals surface area contributed by atoms with E-state index in [2.05, 4.69) is 39.8 Å². The molecule has 0 spiro atoms. The van der Waals surface area contributed by atoms with Crippen LogP contribution in [-0.4, -0.2) is 22.4 Å². The molecular weight excluding hydrogens is 326 g/mol. The number of carbonyl (C=O) groups is 1. The fourth-order valence-corrected chi connectivity index (χ4v) is 2.45. The van der Waals surface area contributed by atoms with Gasteiger partial charge in [0.25, 0.3) is 0 Å². The molecule has 2 amide bonds. The van der Waals surface area contributed by atoms with Crippen LogP contribution < -0.4 is 16.0 Å². The summed E-state index contributed by atoms with van der Waals surface area (Å²) in [5.74, 6) is 0. The van der Waals surface area contributed by atoms with Crippen LogP contribution in [0.3, 0.4) is 0 Å². The molecule has 0 saturated carbocycles. The first-order chi connectivity index (χ1) is 12.7. The Bertz CT molecular complexity index is 856. The fraction of sp³-hybridized carbons (Fsp3) is 0.100. The average Bonchev–Trinajstić information content (AvgIpc) is 3.21. The Labute approximate surface area is 152 Å². The number of benzene rings is 2. The number of aromatic nitrogens is 2. The van der Waals surface area contributed by atoms with Gasteiger partial charge in [0.1, 0.15) is 0 Å². The van der Waals surface area contributed by atoms with Gasteiger partial charge in [0, 0.05) is 36.9 Å². The summed E-state index contributed by atoms with van der Waals surface area (Å²) >= 11 is 0. The summed E-state index contributed by atoms with van der Waals surface area (Å²) in [4.78, 5) is 11.6. The molecule has 0 radical (unpaired) electrons. The summed E-state index contributed by atoms with van der Waals surface area (Å²) in [5.41, 5.74) is 3.90. The van der Waals surface area contributed by atoms with Crippen molar-refractivity contribution >= 4 is 17.4 Å². The number of anilines is 2. The molecule has 3 aromatic rings. The largest absolute Gasteiger partial charge is 0.381 e. The zero-order chi connectivity index (χ0) is 18.2. The molecule has 1 heterocycles. The number of urea groups is 1. The summed E-state index contributed by atoms with van der Waals surface area (Å²) in [6, 6.07) is 17.4. The minimum absolute atomic E-state index is 0.249. The van der Waals surface area contributed by atoms with Crippen molar-refractivity contribution in [1.82, 2.24) is 15.1 Å². The van der Waals surface area contributed by atoms with E-state index in [4.69, 9.17) is 0 Å². The van der Waals surface area contributed by atoms with Crippen LogP contribution in [0.15, 0.2) is 79.6 Å². The molecule has 3 N–H and O–H groups in total. The van der Waals surface area contributed by atoms with Crippen molar-refractivity contribution in [1.29, 1.82) is 0 Å². The Hall–Kier alpha value is -3.54. The van der Waals surface area contributed by atoms with Crippen molar-refractivity contribution in [2.45, 2.75) is 6.54 Å². The van der Waals surface area contributed by atoms with E-state index in [0.717, 1.165) is 22.6 Å². The van der Waals surface area contributed by atoms with Gasteiger partial charge in [-0.1, -0.05) is 18.2 Å². The zero-order valence-electron chi connectivity index (χ0n) is 14.4. The molecule has 0 aliphatic rings. The van der Waals surface area contributed by atoms with Crippen LogP contribution in [0.4, 0.5) is 16.2 Å². The highest BCUT2D eigenvalue weighted by atomic mass is 16.2. The second-order valence-electron chi connectivity index (χ2n) is 5.68. The average molecular weight is 347 g/mol. The van der Waals surface area contributed by atoms with Crippen LogP contribution in [0.2, 0.25) is 0 Å². The minimum atomic E-state index is -0.249. The molecule has 2 aromatic carbocycles. The van der Waals surface area contributed by atoms with Crippen molar-refractivity contribution in [3.63, 3.8) is 0 Å². The molecule has 0 fully saturated rings. The molecule has 0 bridgehead atoms. The lowest BCUT2D eigenvalue weighted by Crippen LogP contribution is -2.28. The smallest absolute Gasteiger partial charge is 0.319 e. The molecule has 6 nitrogen and oxygen atoms in total. The summed E-state index contributed by atoms with van der Waals surface area (Å²) in [5, 5.41) is 13.1. The van der Waals surface area contributed by atoms with Crippen molar-refractivity contribution in [3.8, 4) is 5.69 Å². The highest BCUT2D eigenvalue weighted by molar-refractivity contribution is 5.89. The molecular formula is C20H21N5O. The number of rotatable bonds is 7. The van der Waals surface area contributed by atoms with Gasteiger partial charge in [0.2, 0.25) is 0 Å². The molecule has 0 unspecified atom stereocenters. The maximum Gasteiger partial charge on any atom is 0.319 e. The topological polar surface area (TPSA) is 71.0 Å². The van der Waals surface area contributed by atoms with Crippen molar-refractivity contribution < 1.29 is 4.79 Å². The van der Waals surface area contributed by atoms with Crippen LogP contribution in [-0.2, 0) is 6.54 Å². The quantitative estimate of drug-likeness (QED) is 0.570. The normalized spacial score (nSPS) is 10.2. The molecule has 1 aromatic heterocycles. The highest BCUT2D eigenvalue weighted by Gasteiger charge is 2.01. The monoisotopic (exact) mass is 347 g/mol. The first-order valence-electron chi connectivity index (χ1n) is 8.33. The maximum absolute atomic E-state index is 11.6. The molecule has 0 aliphatic heterocycles. The lowest BCUT2D eigenvalue weighted by molar-refractivity contribution is 0.253. The summed E-state index contributed by atoms with van der Waals surface area (Å²) < 4.78 is 1.83. The number of hydrogen-bond acceptors (Lipinski definition) is 3. The van der Waals surface area contributed by atoms with E-state index in [-0.39, 0.29) is 6.03 Å². The Kier molecular flexibility index (Phi) is 5.67. The summed E-state index contributed by atoms with van der Waals surface area (Å²) in [6.45, 7) is 4.69. The second kappa shape index (κ2) is 8.53. The first kappa shape index (κ1) is 17.3. The summed E-state index contributed by atoms with van der Waals surface area (Å²) in [7, 11) is 0. The van der Waals surface area contributed by atoms with Gasteiger partial charge in [-0.15, -0.1) is 6.58 Å². The highest BCUT2D eigenvalue weighted by Crippen LogP contribution is 2.16. The molecule has 0 saturated heterocycles. The standard InChI is InChI=1S/C20H21N5O/c1-2-11-21-20(26)24-18-9-7-17(8-10-18)22-15-16-5-3-6-19(14-16)25-13-4-12-23-25/h2-10,12-14,22H,1,11,15H2,(H2,21,24,26). The lowest BCUT2D eigenvalue weighted by Gasteiger charge is -2.10. The van der Waals surface area contributed by atoms with E-state index in [1.807, 2.05) is 53.3 Å². The van der Waals surface area contributed by atoms with E-state index in [0.29, 0.717) is 13.1 Å².